The highest BCUT2D eigenvalue weighted by atomic mass is 32.2. The van der Waals surface area contributed by atoms with Crippen molar-refractivity contribution in [3.05, 3.63) is 102 Å². The fourth-order valence-electron chi connectivity index (χ4n) is 3.44. The molecule has 0 saturated carbocycles. The number of amides is 1. The Morgan fingerprint density at radius 1 is 0.939 bits per heavy atom. The van der Waals surface area contributed by atoms with Crippen molar-refractivity contribution in [3.8, 4) is 11.4 Å². The third kappa shape index (κ3) is 6.23. The summed E-state index contributed by atoms with van der Waals surface area (Å²) in [4.78, 5) is 12.5. The molecule has 0 aliphatic heterocycles. The molecule has 1 N–H and O–H groups in total. The first-order chi connectivity index (χ1) is 16.2. The number of carbonyl (C=O) groups excluding carboxylic acids is 1. The number of benzene rings is 3. The number of hydrogen-bond acceptors (Lipinski definition) is 5. The largest absolute Gasteiger partial charge is 0.497 e. The van der Waals surface area contributed by atoms with E-state index in [4.69, 9.17) is 4.74 Å². The molecule has 0 spiro atoms. The van der Waals surface area contributed by atoms with Crippen LogP contribution in [-0.4, -0.2) is 33.5 Å². The van der Waals surface area contributed by atoms with Crippen LogP contribution in [0.4, 0.5) is 0 Å². The summed E-state index contributed by atoms with van der Waals surface area (Å²) < 4.78 is 7.39. The smallest absolute Gasteiger partial charge is 0.224 e. The van der Waals surface area contributed by atoms with Gasteiger partial charge in [-0.2, -0.15) is 0 Å². The van der Waals surface area contributed by atoms with Gasteiger partial charge in [0.2, 0.25) is 5.91 Å². The van der Waals surface area contributed by atoms with Crippen LogP contribution in [-0.2, 0) is 24.2 Å². The van der Waals surface area contributed by atoms with Crippen molar-refractivity contribution in [1.82, 2.24) is 20.1 Å². The molecule has 0 unspecified atom stereocenters. The lowest BCUT2D eigenvalue weighted by Crippen LogP contribution is -2.26. The van der Waals surface area contributed by atoms with Crippen molar-refractivity contribution in [1.29, 1.82) is 0 Å². The van der Waals surface area contributed by atoms with Crippen molar-refractivity contribution in [2.45, 2.75) is 24.5 Å². The van der Waals surface area contributed by atoms with Crippen LogP contribution in [0.5, 0.6) is 5.75 Å². The van der Waals surface area contributed by atoms with E-state index in [-0.39, 0.29) is 12.5 Å². The summed E-state index contributed by atoms with van der Waals surface area (Å²) in [6.07, 6.45) is 1.26. The lowest BCUT2D eigenvalue weighted by atomic mass is 10.1. The molecule has 0 saturated heterocycles. The van der Waals surface area contributed by atoms with Gasteiger partial charge in [0.05, 0.1) is 25.8 Å². The second kappa shape index (κ2) is 11.3. The SMILES string of the molecule is COc1cccc(-n2c(CNC(=O)Cc3ccccc3)nnc2SCCc2ccccc2)c1. The van der Waals surface area contributed by atoms with Crippen molar-refractivity contribution < 1.29 is 9.53 Å². The van der Waals surface area contributed by atoms with Crippen LogP contribution < -0.4 is 10.1 Å². The molecule has 6 nitrogen and oxygen atoms in total. The van der Waals surface area contributed by atoms with Gasteiger partial charge in [0.25, 0.3) is 0 Å². The van der Waals surface area contributed by atoms with Gasteiger partial charge >= 0.3 is 0 Å². The van der Waals surface area contributed by atoms with E-state index in [1.54, 1.807) is 18.9 Å². The maximum Gasteiger partial charge on any atom is 0.224 e. The van der Waals surface area contributed by atoms with Crippen LogP contribution >= 0.6 is 11.8 Å². The molecular formula is C26H26N4O2S. The van der Waals surface area contributed by atoms with E-state index in [2.05, 4.69) is 39.8 Å². The second-order valence-electron chi connectivity index (χ2n) is 7.46. The van der Waals surface area contributed by atoms with E-state index in [1.165, 1.54) is 5.56 Å². The van der Waals surface area contributed by atoms with E-state index in [0.29, 0.717) is 12.2 Å². The molecule has 0 aliphatic rings. The summed E-state index contributed by atoms with van der Waals surface area (Å²) in [6, 6.07) is 27.8. The number of nitrogens with zero attached hydrogens (tertiary/aromatic N) is 3. The van der Waals surface area contributed by atoms with E-state index < -0.39 is 0 Å². The van der Waals surface area contributed by atoms with Gasteiger partial charge in [0.15, 0.2) is 11.0 Å². The van der Waals surface area contributed by atoms with Crippen LogP contribution in [0.1, 0.15) is 17.0 Å². The molecule has 3 aromatic carbocycles. The lowest BCUT2D eigenvalue weighted by molar-refractivity contribution is -0.120. The molecule has 168 valence electrons. The number of aryl methyl sites for hydroxylation is 1. The minimum atomic E-state index is -0.0559. The maximum absolute atomic E-state index is 12.5. The molecule has 4 aromatic rings. The van der Waals surface area contributed by atoms with Crippen molar-refractivity contribution >= 4 is 17.7 Å². The zero-order valence-corrected chi connectivity index (χ0v) is 19.3. The van der Waals surface area contributed by atoms with Crippen LogP contribution in [0.3, 0.4) is 0 Å². The first kappa shape index (κ1) is 22.6. The average Bonchev–Trinajstić information content (AvgIpc) is 3.27. The molecule has 1 amide bonds. The molecule has 1 heterocycles. The van der Waals surface area contributed by atoms with Crippen molar-refractivity contribution in [2.75, 3.05) is 12.9 Å². The van der Waals surface area contributed by atoms with Gasteiger partial charge in [-0.05, 0) is 29.7 Å². The Bertz CT molecular complexity index is 1180. The first-order valence-corrected chi connectivity index (χ1v) is 11.8. The van der Waals surface area contributed by atoms with Crippen LogP contribution in [0.2, 0.25) is 0 Å². The van der Waals surface area contributed by atoms with Gasteiger partial charge in [0, 0.05) is 11.8 Å². The predicted octanol–water partition coefficient (Wildman–Crippen LogP) is 4.47. The van der Waals surface area contributed by atoms with Crippen molar-refractivity contribution in [2.24, 2.45) is 0 Å². The quantitative estimate of drug-likeness (QED) is 0.355. The van der Waals surface area contributed by atoms with Gasteiger partial charge in [-0.25, -0.2) is 0 Å². The molecular weight excluding hydrogens is 432 g/mol. The van der Waals surface area contributed by atoms with Gasteiger partial charge in [-0.15, -0.1) is 10.2 Å². The topological polar surface area (TPSA) is 69.0 Å². The highest BCUT2D eigenvalue weighted by molar-refractivity contribution is 7.99. The maximum atomic E-state index is 12.5. The summed E-state index contributed by atoms with van der Waals surface area (Å²) in [7, 11) is 1.64. The predicted molar refractivity (Wildman–Crippen MR) is 131 cm³/mol. The summed E-state index contributed by atoms with van der Waals surface area (Å²) >= 11 is 1.64. The fraction of sp³-hybridized carbons (Fsp3) is 0.192. The Morgan fingerprint density at radius 3 is 2.39 bits per heavy atom. The van der Waals surface area contributed by atoms with Gasteiger partial charge < -0.3 is 10.1 Å². The minimum Gasteiger partial charge on any atom is -0.497 e. The molecule has 0 fully saturated rings. The third-order valence-corrected chi connectivity index (χ3v) is 6.06. The number of methoxy groups -OCH3 is 1. The molecule has 1 aromatic heterocycles. The number of aromatic nitrogens is 3. The van der Waals surface area contributed by atoms with E-state index in [0.717, 1.165) is 34.3 Å². The van der Waals surface area contributed by atoms with Crippen molar-refractivity contribution in [3.63, 3.8) is 0 Å². The zero-order valence-electron chi connectivity index (χ0n) is 18.5. The molecule has 0 bridgehead atoms. The van der Waals surface area contributed by atoms with E-state index >= 15 is 0 Å². The molecule has 33 heavy (non-hydrogen) atoms. The van der Waals surface area contributed by atoms with E-state index in [9.17, 15) is 4.79 Å². The molecule has 7 heteroatoms. The van der Waals surface area contributed by atoms with Crippen LogP contribution in [0.25, 0.3) is 5.69 Å². The Morgan fingerprint density at radius 2 is 1.67 bits per heavy atom. The minimum absolute atomic E-state index is 0.0559. The standard InChI is InChI=1S/C26H26N4O2S/c1-32-23-14-8-13-22(18-23)30-24(19-27-25(31)17-21-11-6-3-7-12-21)28-29-26(30)33-16-15-20-9-4-2-5-10-20/h2-14,18H,15-17,19H2,1H3,(H,27,31). The number of nitrogens with one attached hydrogen (secondary N) is 1. The highest BCUT2D eigenvalue weighted by Gasteiger charge is 2.16. The van der Waals surface area contributed by atoms with Gasteiger partial charge in [-0.1, -0.05) is 78.5 Å². The number of carbonyl (C=O) groups is 1. The highest BCUT2D eigenvalue weighted by Crippen LogP contribution is 2.25. The van der Waals surface area contributed by atoms with E-state index in [1.807, 2.05) is 65.2 Å². The third-order valence-electron chi connectivity index (χ3n) is 5.13. The summed E-state index contributed by atoms with van der Waals surface area (Å²) in [5, 5.41) is 12.6. The van der Waals surface area contributed by atoms with Crippen LogP contribution in [0.15, 0.2) is 90.1 Å². The molecule has 4 rings (SSSR count). The average molecular weight is 459 g/mol. The molecule has 0 radical (unpaired) electrons. The first-order valence-electron chi connectivity index (χ1n) is 10.8. The Kier molecular flexibility index (Phi) is 7.76. The van der Waals surface area contributed by atoms with Gasteiger partial charge in [-0.3, -0.25) is 9.36 Å². The number of thioether (sulfide) groups is 1. The second-order valence-corrected chi connectivity index (χ2v) is 8.52. The zero-order chi connectivity index (χ0) is 22.9. The fourth-order valence-corrected chi connectivity index (χ4v) is 4.40. The van der Waals surface area contributed by atoms with Crippen LogP contribution in [0, 0.1) is 0 Å². The number of ether oxygens (including phenoxy) is 1. The monoisotopic (exact) mass is 458 g/mol. The lowest BCUT2D eigenvalue weighted by Gasteiger charge is -2.12. The summed E-state index contributed by atoms with van der Waals surface area (Å²) in [5.74, 6) is 2.24. The Hall–Kier alpha value is -3.58. The summed E-state index contributed by atoms with van der Waals surface area (Å²) in [5.41, 5.74) is 3.15. The number of rotatable bonds is 10. The normalized spacial score (nSPS) is 10.7. The Balaban J connectivity index is 1.49. The van der Waals surface area contributed by atoms with Gasteiger partial charge in [0.1, 0.15) is 5.75 Å². The summed E-state index contributed by atoms with van der Waals surface area (Å²) in [6.45, 7) is 0.287. The molecule has 0 atom stereocenters. The molecule has 0 aliphatic carbocycles. The number of hydrogen-bond donors (Lipinski definition) is 1. The Labute approximate surface area is 198 Å².